The van der Waals surface area contributed by atoms with Crippen molar-refractivity contribution in [1.82, 2.24) is 34.9 Å². The average molecular weight is 754 g/mol. The number of fused-ring (bicyclic) bond motifs is 6. The molecule has 2 aromatic carbocycles. The third kappa shape index (κ3) is 6.16. The van der Waals surface area contributed by atoms with Crippen molar-refractivity contribution in [3.05, 3.63) is 64.4 Å². The van der Waals surface area contributed by atoms with E-state index in [1.54, 1.807) is 18.2 Å². The molecule has 0 saturated carbocycles. The number of phenols is 1. The zero-order valence-electron chi connectivity index (χ0n) is 31.4. The number of nitrogens with zero attached hydrogens (tertiary/aromatic N) is 8. The highest BCUT2D eigenvalue weighted by molar-refractivity contribution is 5.98. The summed E-state index contributed by atoms with van der Waals surface area (Å²) in [4.78, 5) is 32.5. The number of benzene rings is 2. The van der Waals surface area contributed by atoms with Gasteiger partial charge in [-0.25, -0.2) is 8.78 Å². The highest BCUT2D eigenvalue weighted by Gasteiger charge is 2.49. The Labute approximate surface area is 319 Å². The topological polar surface area (TPSA) is 115 Å². The summed E-state index contributed by atoms with van der Waals surface area (Å²) in [5.74, 6) is 1.17. The Morgan fingerprint density at radius 2 is 1.96 bits per heavy atom. The van der Waals surface area contributed by atoms with E-state index in [4.69, 9.17) is 19.8 Å². The van der Waals surface area contributed by atoms with Gasteiger partial charge in [0.15, 0.2) is 5.69 Å². The van der Waals surface area contributed by atoms with Crippen LogP contribution in [0.25, 0.3) is 10.8 Å². The van der Waals surface area contributed by atoms with E-state index >= 15 is 4.39 Å². The van der Waals surface area contributed by atoms with E-state index in [1.165, 1.54) is 6.07 Å². The Hall–Kier alpha value is -4.56. The predicted molar refractivity (Wildman–Crippen MR) is 204 cm³/mol. The molecule has 2 bridgehead atoms. The fourth-order valence-corrected chi connectivity index (χ4v) is 10.5. The molecule has 55 heavy (non-hydrogen) atoms. The summed E-state index contributed by atoms with van der Waals surface area (Å²) in [5, 5.41) is 20.8. The highest BCUT2D eigenvalue weighted by Crippen LogP contribution is 2.42. The average Bonchev–Trinajstić information content (AvgIpc) is 3.91. The van der Waals surface area contributed by atoms with E-state index in [1.807, 2.05) is 22.6 Å². The summed E-state index contributed by atoms with van der Waals surface area (Å²) in [6.45, 7) is 9.01. The van der Waals surface area contributed by atoms with Gasteiger partial charge in [0.1, 0.15) is 30.2 Å². The molecule has 4 saturated heterocycles. The Balaban J connectivity index is 0.988. The van der Waals surface area contributed by atoms with Crippen LogP contribution in [0.15, 0.2) is 30.3 Å². The molecule has 2 unspecified atom stereocenters. The number of aryl methyl sites for hydroxylation is 2. The number of nitrogens with one attached hydrogen (secondary N) is 1. The number of ether oxygens (including phenoxy) is 1. The van der Waals surface area contributed by atoms with Gasteiger partial charge in [0, 0.05) is 81.0 Å². The summed E-state index contributed by atoms with van der Waals surface area (Å²) in [5.41, 5.74) is 4.34. The Kier molecular flexibility index (Phi) is 8.61. The Morgan fingerprint density at radius 1 is 1.05 bits per heavy atom. The Bertz CT molecular complexity index is 2150. The maximum absolute atomic E-state index is 15.2. The lowest BCUT2D eigenvalue weighted by Gasteiger charge is -2.35. The molecule has 4 atom stereocenters. The second-order valence-corrected chi connectivity index (χ2v) is 16.7. The van der Waals surface area contributed by atoms with E-state index in [0.29, 0.717) is 88.4 Å². The summed E-state index contributed by atoms with van der Waals surface area (Å²) in [7, 11) is 0. The number of likely N-dealkylation sites (tertiary alicyclic amines) is 1. The van der Waals surface area contributed by atoms with Crippen LogP contribution in [0.3, 0.4) is 0 Å². The van der Waals surface area contributed by atoms with Gasteiger partial charge in [-0.1, -0.05) is 13.0 Å². The predicted octanol–water partition coefficient (Wildman–Crippen LogP) is 4.60. The van der Waals surface area contributed by atoms with Crippen molar-refractivity contribution >= 4 is 28.2 Å². The maximum atomic E-state index is 15.2. The molecule has 0 spiro atoms. The zero-order chi connectivity index (χ0) is 37.4. The highest BCUT2D eigenvalue weighted by atomic mass is 19.1. The minimum atomic E-state index is -0.868. The molecule has 14 heteroatoms. The number of hydrogen-bond acceptors (Lipinski definition) is 10. The van der Waals surface area contributed by atoms with Crippen LogP contribution in [0.5, 0.6) is 11.8 Å². The van der Waals surface area contributed by atoms with Gasteiger partial charge < -0.3 is 29.9 Å². The molecule has 8 heterocycles. The van der Waals surface area contributed by atoms with Gasteiger partial charge in [0.25, 0.3) is 5.91 Å². The molecule has 6 aliphatic rings. The van der Waals surface area contributed by atoms with Crippen molar-refractivity contribution in [2.45, 2.75) is 89.3 Å². The maximum Gasteiger partial charge on any atom is 0.318 e. The molecule has 6 aliphatic heterocycles. The Morgan fingerprint density at radius 3 is 2.84 bits per heavy atom. The van der Waals surface area contributed by atoms with Crippen LogP contribution in [0.2, 0.25) is 0 Å². The van der Waals surface area contributed by atoms with Crippen molar-refractivity contribution in [2.75, 3.05) is 62.2 Å². The molecule has 12 nitrogen and oxygen atoms in total. The van der Waals surface area contributed by atoms with Crippen molar-refractivity contribution in [3.8, 4) is 11.8 Å². The number of aromatic hydroxyl groups is 1. The molecule has 0 aliphatic carbocycles. The third-order valence-corrected chi connectivity index (χ3v) is 13.1. The first-order valence-electron chi connectivity index (χ1n) is 20.2. The first-order chi connectivity index (χ1) is 26.7. The minimum Gasteiger partial charge on any atom is -0.508 e. The number of piperidine rings is 1. The van der Waals surface area contributed by atoms with Gasteiger partial charge in [-0.05, 0) is 80.1 Å². The largest absolute Gasteiger partial charge is 0.508 e. The molecule has 4 fully saturated rings. The second kappa shape index (κ2) is 13.6. The number of phenolic OH excluding ortho intramolecular Hbond substituents is 1. The van der Waals surface area contributed by atoms with Crippen LogP contribution >= 0.6 is 0 Å². The summed E-state index contributed by atoms with van der Waals surface area (Å²) in [6.07, 6.45) is 4.57. The van der Waals surface area contributed by atoms with Crippen LogP contribution in [-0.4, -0.2) is 111 Å². The molecule has 2 aromatic heterocycles. The lowest BCUT2D eigenvalue weighted by Crippen LogP contribution is -2.44. The van der Waals surface area contributed by atoms with Crippen molar-refractivity contribution in [2.24, 2.45) is 5.92 Å². The molecule has 1 amide bonds. The van der Waals surface area contributed by atoms with Crippen molar-refractivity contribution < 1.29 is 23.4 Å². The molecule has 2 N–H and O–H groups in total. The molecule has 10 rings (SSSR count). The molecule has 290 valence electrons. The third-order valence-electron chi connectivity index (χ3n) is 13.1. The first kappa shape index (κ1) is 34.9. The van der Waals surface area contributed by atoms with Crippen LogP contribution in [0, 0.1) is 11.7 Å². The van der Waals surface area contributed by atoms with Gasteiger partial charge in [-0.15, -0.1) is 0 Å². The normalized spacial score (nSPS) is 26.3. The second-order valence-electron chi connectivity index (χ2n) is 16.7. The van der Waals surface area contributed by atoms with Crippen LogP contribution in [0.1, 0.15) is 72.0 Å². The minimum absolute atomic E-state index is 0.00550. The fraction of sp³-hybridized carbons (Fsp3) is 0.561. The van der Waals surface area contributed by atoms with E-state index < -0.39 is 6.17 Å². The zero-order valence-corrected chi connectivity index (χ0v) is 31.4. The lowest BCUT2D eigenvalue weighted by atomic mass is 9.95. The van der Waals surface area contributed by atoms with Crippen LogP contribution < -0.4 is 19.9 Å². The van der Waals surface area contributed by atoms with Gasteiger partial charge in [0.2, 0.25) is 0 Å². The van der Waals surface area contributed by atoms with Crippen molar-refractivity contribution in [3.63, 3.8) is 0 Å². The van der Waals surface area contributed by atoms with Gasteiger partial charge in [0.05, 0.1) is 30.0 Å². The summed E-state index contributed by atoms with van der Waals surface area (Å²) < 4.78 is 38.4. The lowest BCUT2D eigenvalue weighted by molar-refractivity contribution is 0.0684. The number of hydrogen-bond donors (Lipinski definition) is 2. The summed E-state index contributed by atoms with van der Waals surface area (Å²) >= 11 is 0. The summed E-state index contributed by atoms with van der Waals surface area (Å²) in [6, 6.07) is 9.20. The van der Waals surface area contributed by atoms with Crippen LogP contribution in [0.4, 0.5) is 20.3 Å². The molecule has 4 aromatic rings. The number of aromatic nitrogens is 4. The monoisotopic (exact) mass is 753 g/mol. The van der Waals surface area contributed by atoms with Gasteiger partial charge in [-0.2, -0.15) is 15.1 Å². The quantitative estimate of drug-likeness (QED) is 0.278. The number of alkyl halides is 1. The number of rotatable bonds is 7. The van der Waals surface area contributed by atoms with E-state index in [9.17, 15) is 14.3 Å². The van der Waals surface area contributed by atoms with E-state index in [0.717, 1.165) is 91.1 Å². The number of anilines is 2. The van der Waals surface area contributed by atoms with Gasteiger partial charge >= 0.3 is 6.01 Å². The fourth-order valence-electron chi connectivity index (χ4n) is 10.5. The number of halogens is 2. The molecule has 0 radical (unpaired) electrons. The smallest absolute Gasteiger partial charge is 0.318 e. The number of carbonyl (C=O) groups excluding carboxylic acids is 1. The van der Waals surface area contributed by atoms with Gasteiger partial charge in [-0.3, -0.25) is 14.4 Å². The molecular weight excluding hydrogens is 705 g/mol. The van der Waals surface area contributed by atoms with E-state index in [2.05, 4.69) is 20.0 Å². The SMILES string of the molecule is CCc1c(F)ccc2cc(O)cc(N3CCc4c(nc(OC[C@@]56CCCN5C[C@H](F)C6)nc4N4CCCn5nc(C(=O)N6CC7CNC(C7)C6)cc5C4)C3)c12. The molecular formula is C41H49F2N9O3. The standard InChI is InChI=1S/C41H49F2N9O3/c1-2-31-33(43)6-5-26-14-30(53)16-36(37(26)31)48-12-7-32-35(23-48)45-40(55-24-41-8-3-10-51(41)20-27(42)17-41)46-38(32)49-9-4-11-52-29(22-49)15-34(47-52)39(54)50-19-25-13-28(21-50)44-18-25/h5-6,14-16,25,27-28,44,53H,2-4,7-13,17-24H2,1H3/t25?,27-,28?,41+/m1/s1. The van der Waals surface area contributed by atoms with Crippen LogP contribution in [-0.2, 0) is 32.5 Å². The van der Waals surface area contributed by atoms with Crippen molar-refractivity contribution in [1.29, 1.82) is 0 Å². The number of carbonyl (C=O) groups is 1. The first-order valence-corrected chi connectivity index (χ1v) is 20.2. The number of amides is 1. The van der Waals surface area contributed by atoms with E-state index in [-0.39, 0.29) is 29.0 Å².